The summed E-state index contributed by atoms with van der Waals surface area (Å²) in [5, 5.41) is 4.54. The molecule has 1 heterocycles. The van der Waals surface area contributed by atoms with Crippen LogP contribution in [0.4, 0.5) is 11.4 Å². The van der Waals surface area contributed by atoms with Crippen LogP contribution in [0.25, 0.3) is 10.8 Å². The molecule has 32 heavy (non-hydrogen) atoms. The molecule has 8 heteroatoms. The maximum atomic E-state index is 12.9. The predicted molar refractivity (Wildman–Crippen MR) is 124 cm³/mol. The number of amides is 2. The summed E-state index contributed by atoms with van der Waals surface area (Å²) in [7, 11) is -1.97. The molecule has 1 aliphatic heterocycles. The van der Waals surface area contributed by atoms with Gasteiger partial charge in [-0.3, -0.25) is 9.59 Å². The van der Waals surface area contributed by atoms with Crippen molar-refractivity contribution in [1.29, 1.82) is 0 Å². The van der Waals surface area contributed by atoms with Crippen LogP contribution in [0.1, 0.15) is 40.5 Å². The molecule has 1 saturated carbocycles. The monoisotopic (exact) mass is 449 g/mol. The zero-order chi connectivity index (χ0) is 22.6. The van der Waals surface area contributed by atoms with E-state index in [9.17, 15) is 18.0 Å². The Morgan fingerprint density at radius 3 is 2.47 bits per heavy atom. The molecule has 5 rings (SSSR count). The largest absolute Gasteiger partial charge is 0.321 e. The summed E-state index contributed by atoms with van der Waals surface area (Å²) < 4.78 is 26.7. The van der Waals surface area contributed by atoms with E-state index in [1.165, 1.54) is 28.6 Å². The second-order valence-electron chi connectivity index (χ2n) is 8.14. The average molecular weight is 450 g/mol. The number of benzene rings is 3. The van der Waals surface area contributed by atoms with Gasteiger partial charge in [-0.25, -0.2) is 8.42 Å². The van der Waals surface area contributed by atoms with Crippen molar-refractivity contribution in [2.75, 3.05) is 23.8 Å². The Morgan fingerprint density at radius 2 is 1.81 bits per heavy atom. The first-order valence-electron chi connectivity index (χ1n) is 10.6. The highest BCUT2D eigenvalue weighted by Crippen LogP contribution is 2.40. The molecule has 0 bridgehead atoms. The lowest BCUT2D eigenvalue weighted by molar-refractivity contribution is 0.0992. The third kappa shape index (κ3) is 3.18. The van der Waals surface area contributed by atoms with Gasteiger partial charge in [-0.1, -0.05) is 12.1 Å². The Balaban J connectivity index is 1.43. The fourth-order valence-electron chi connectivity index (χ4n) is 4.24. The van der Waals surface area contributed by atoms with E-state index in [0.29, 0.717) is 23.4 Å². The number of sulfonamides is 1. The van der Waals surface area contributed by atoms with E-state index in [4.69, 9.17) is 0 Å². The molecule has 0 aromatic heterocycles. The summed E-state index contributed by atoms with van der Waals surface area (Å²) in [5.41, 5.74) is 2.43. The lowest BCUT2D eigenvalue weighted by Crippen LogP contribution is -2.29. The van der Waals surface area contributed by atoms with E-state index < -0.39 is 10.0 Å². The zero-order valence-electron chi connectivity index (χ0n) is 17.8. The maximum absolute atomic E-state index is 12.9. The summed E-state index contributed by atoms with van der Waals surface area (Å²) in [4.78, 5) is 27.4. The minimum absolute atomic E-state index is 0.0375. The predicted octanol–water partition coefficient (Wildman–Crippen LogP) is 3.86. The van der Waals surface area contributed by atoms with Crippen molar-refractivity contribution in [1.82, 2.24) is 4.31 Å². The molecular formula is C24H23N3O4S. The molecule has 0 saturated heterocycles. The fraction of sp³-hybridized carbons (Fsp3) is 0.250. The second kappa shape index (κ2) is 7.43. The van der Waals surface area contributed by atoms with Gasteiger partial charge in [-0.15, -0.1) is 0 Å². The Labute approximate surface area is 186 Å². The zero-order valence-corrected chi connectivity index (χ0v) is 18.6. The van der Waals surface area contributed by atoms with Crippen LogP contribution in [0.3, 0.4) is 0 Å². The number of anilines is 2. The Bertz CT molecular complexity index is 1360. The Hall–Kier alpha value is -3.23. The minimum Gasteiger partial charge on any atom is -0.321 e. The van der Waals surface area contributed by atoms with E-state index in [1.807, 2.05) is 25.1 Å². The molecule has 1 aliphatic carbocycles. The Morgan fingerprint density at radius 1 is 1.09 bits per heavy atom. The van der Waals surface area contributed by atoms with Gasteiger partial charge in [0.2, 0.25) is 10.0 Å². The van der Waals surface area contributed by atoms with Gasteiger partial charge < -0.3 is 10.2 Å². The van der Waals surface area contributed by atoms with Gasteiger partial charge in [-0.2, -0.15) is 4.31 Å². The van der Waals surface area contributed by atoms with Gasteiger partial charge >= 0.3 is 0 Å². The first-order chi connectivity index (χ1) is 15.3. The third-order valence-electron chi connectivity index (χ3n) is 6.20. The molecule has 2 amide bonds. The van der Waals surface area contributed by atoms with Crippen LogP contribution in [0, 0.1) is 0 Å². The molecule has 0 spiro atoms. The number of nitrogens with one attached hydrogen (secondary N) is 1. The van der Waals surface area contributed by atoms with Crippen LogP contribution in [0.2, 0.25) is 0 Å². The first-order valence-corrected chi connectivity index (χ1v) is 12.0. The molecule has 7 nitrogen and oxygen atoms in total. The normalized spacial score (nSPS) is 15.6. The molecule has 3 aromatic rings. The van der Waals surface area contributed by atoms with Gasteiger partial charge in [-0.05, 0) is 62.2 Å². The van der Waals surface area contributed by atoms with E-state index in [0.717, 1.165) is 29.3 Å². The SMILES string of the molecule is CCN1C(=O)c2cccc3c(NC(=O)c4ccc(S(=O)(=O)N(C)C5CC5)cc4)ccc1c23. The number of rotatable bonds is 6. The molecule has 1 N–H and O–H groups in total. The number of carbonyl (C=O) groups is 2. The molecule has 2 aliphatic rings. The van der Waals surface area contributed by atoms with Crippen LogP contribution in [0.5, 0.6) is 0 Å². The lowest BCUT2D eigenvalue weighted by atomic mass is 10.0. The van der Waals surface area contributed by atoms with E-state index in [-0.39, 0.29) is 22.8 Å². The molecule has 164 valence electrons. The maximum Gasteiger partial charge on any atom is 0.258 e. The number of hydrogen-bond donors (Lipinski definition) is 1. The summed E-state index contributed by atoms with van der Waals surface area (Å²) >= 11 is 0. The number of carbonyl (C=O) groups excluding carboxylic acids is 2. The summed E-state index contributed by atoms with van der Waals surface area (Å²) in [6.45, 7) is 2.50. The minimum atomic E-state index is -3.56. The number of hydrogen-bond acceptors (Lipinski definition) is 4. The van der Waals surface area contributed by atoms with Crippen molar-refractivity contribution < 1.29 is 18.0 Å². The van der Waals surface area contributed by atoms with Crippen molar-refractivity contribution in [2.45, 2.75) is 30.7 Å². The van der Waals surface area contributed by atoms with Gasteiger partial charge in [0.25, 0.3) is 11.8 Å². The highest BCUT2D eigenvalue weighted by molar-refractivity contribution is 7.89. The van der Waals surface area contributed by atoms with Crippen LogP contribution in [-0.4, -0.2) is 44.2 Å². The highest BCUT2D eigenvalue weighted by Gasteiger charge is 2.35. The number of nitrogens with zero attached hydrogens (tertiary/aromatic N) is 2. The van der Waals surface area contributed by atoms with Crippen LogP contribution in [0.15, 0.2) is 59.5 Å². The summed E-state index contributed by atoms with van der Waals surface area (Å²) in [6, 6.07) is 15.2. The standard InChI is InChI=1S/C24H23N3O4S/c1-3-27-21-14-13-20(18-5-4-6-19(22(18)21)24(27)29)25-23(28)15-7-11-17(12-8-15)32(30,31)26(2)16-9-10-16/h4-8,11-14,16H,3,9-10H2,1-2H3,(H,25,28). The Kier molecular flexibility index (Phi) is 4.79. The lowest BCUT2D eigenvalue weighted by Gasteiger charge is -2.17. The smallest absolute Gasteiger partial charge is 0.258 e. The molecule has 0 atom stereocenters. The molecule has 0 radical (unpaired) electrons. The quantitative estimate of drug-likeness (QED) is 0.619. The van der Waals surface area contributed by atoms with Crippen molar-refractivity contribution in [2.24, 2.45) is 0 Å². The van der Waals surface area contributed by atoms with Crippen molar-refractivity contribution in [3.8, 4) is 0 Å². The van der Waals surface area contributed by atoms with Crippen molar-refractivity contribution >= 4 is 44.0 Å². The van der Waals surface area contributed by atoms with Crippen LogP contribution in [-0.2, 0) is 10.0 Å². The molecule has 1 fully saturated rings. The first kappa shape index (κ1) is 20.7. The average Bonchev–Trinajstić information content (AvgIpc) is 3.61. The van der Waals surface area contributed by atoms with Crippen LogP contribution >= 0.6 is 0 Å². The molecular weight excluding hydrogens is 426 g/mol. The van der Waals surface area contributed by atoms with E-state index >= 15 is 0 Å². The van der Waals surface area contributed by atoms with Gasteiger partial charge in [0.1, 0.15) is 0 Å². The van der Waals surface area contributed by atoms with E-state index in [1.54, 1.807) is 24.1 Å². The van der Waals surface area contributed by atoms with Gasteiger partial charge in [0, 0.05) is 47.2 Å². The molecule has 0 unspecified atom stereocenters. The fourth-order valence-corrected chi connectivity index (χ4v) is 5.66. The summed E-state index contributed by atoms with van der Waals surface area (Å²) in [6.07, 6.45) is 1.76. The van der Waals surface area contributed by atoms with Gasteiger partial charge in [0.05, 0.1) is 10.6 Å². The van der Waals surface area contributed by atoms with E-state index in [2.05, 4.69) is 5.32 Å². The van der Waals surface area contributed by atoms with Gasteiger partial charge in [0.15, 0.2) is 0 Å². The second-order valence-corrected chi connectivity index (χ2v) is 10.1. The van der Waals surface area contributed by atoms with Crippen LogP contribution < -0.4 is 10.2 Å². The molecule has 3 aromatic carbocycles. The van der Waals surface area contributed by atoms with Crippen molar-refractivity contribution in [3.63, 3.8) is 0 Å². The summed E-state index contributed by atoms with van der Waals surface area (Å²) in [5.74, 6) is -0.383. The topological polar surface area (TPSA) is 86.8 Å². The highest BCUT2D eigenvalue weighted by atomic mass is 32.2. The van der Waals surface area contributed by atoms with Crippen molar-refractivity contribution in [3.05, 3.63) is 65.7 Å². The third-order valence-corrected chi connectivity index (χ3v) is 8.13.